The summed E-state index contributed by atoms with van der Waals surface area (Å²) >= 11 is 0. The van der Waals surface area contributed by atoms with Crippen LogP contribution in [-0.4, -0.2) is 27.3 Å². The zero-order chi connectivity index (χ0) is 16.8. The monoisotopic (exact) mass is 322 g/mol. The minimum Gasteiger partial charge on any atom is -0.492 e. The van der Waals surface area contributed by atoms with E-state index in [1.54, 1.807) is 17.1 Å². The number of hydrogen-bond donors (Lipinski definition) is 1. The number of rotatable bonds is 6. The number of benzene rings is 2. The lowest BCUT2D eigenvalue weighted by atomic mass is 10.1. The van der Waals surface area contributed by atoms with E-state index in [4.69, 9.17) is 4.74 Å². The number of nitrogens with zero attached hydrogens (tertiary/aromatic N) is 3. The highest BCUT2D eigenvalue weighted by molar-refractivity contribution is 6.05. The van der Waals surface area contributed by atoms with Crippen LogP contribution in [0.5, 0.6) is 5.75 Å². The summed E-state index contributed by atoms with van der Waals surface area (Å²) < 4.78 is 7.24. The Morgan fingerprint density at radius 1 is 1.21 bits per heavy atom. The Labute approximate surface area is 140 Å². The molecule has 3 rings (SSSR count). The molecular formula is C18H18N4O2. The number of hydrogen-bond acceptors (Lipinski definition) is 4. The normalized spacial score (nSPS) is 10.4. The molecule has 0 spiro atoms. The van der Waals surface area contributed by atoms with E-state index in [1.807, 2.05) is 49.4 Å². The fourth-order valence-corrected chi connectivity index (χ4v) is 2.36. The molecule has 0 aliphatic carbocycles. The summed E-state index contributed by atoms with van der Waals surface area (Å²) in [7, 11) is 0. The molecule has 6 nitrogen and oxygen atoms in total. The van der Waals surface area contributed by atoms with E-state index in [2.05, 4.69) is 15.4 Å². The largest absolute Gasteiger partial charge is 0.492 e. The Hall–Kier alpha value is -3.15. The molecule has 0 atom stereocenters. The van der Waals surface area contributed by atoms with E-state index >= 15 is 0 Å². The lowest BCUT2D eigenvalue weighted by Crippen LogP contribution is -2.13. The summed E-state index contributed by atoms with van der Waals surface area (Å²) in [6, 6.07) is 14.8. The first-order valence-electron chi connectivity index (χ1n) is 7.71. The number of nitrogens with one attached hydrogen (secondary N) is 1. The van der Waals surface area contributed by atoms with Gasteiger partial charge in [0.1, 0.15) is 18.4 Å². The van der Waals surface area contributed by atoms with Gasteiger partial charge in [0.05, 0.1) is 18.8 Å². The zero-order valence-corrected chi connectivity index (χ0v) is 13.3. The molecule has 1 amide bonds. The van der Waals surface area contributed by atoms with E-state index < -0.39 is 0 Å². The highest BCUT2D eigenvalue weighted by atomic mass is 16.5. The van der Waals surface area contributed by atoms with Crippen molar-refractivity contribution in [3.05, 3.63) is 72.3 Å². The van der Waals surface area contributed by atoms with Gasteiger partial charge in [-0.15, -0.1) is 0 Å². The maximum absolute atomic E-state index is 12.5. The van der Waals surface area contributed by atoms with Crippen LogP contribution in [0.2, 0.25) is 0 Å². The second kappa shape index (κ2) is 7.41. The van der Waals surface area contributed by atoms with Crippen LogP contribution in [0.25, 0.3) is 0 Å². The SMILES string of the molecule is CCOc1ccccc1NC(=O)c1cccc(Cn2cncn2)c1. The van der Waals surface area contributed by atoms with E-state index in [9.17, 15) is 4.79 Å². The van der Waals surface area contributed by atoms with Crippen molar-refractivity contribution >= 4 is 11.6 Å². The average molecular weight is 322 g/mol. The molecule has 24 heavy (non-hydrogen) atoms. The molecule has 1 N–H and O–H groups in total. The molecular weight excluding hydrogens is 304 g/mol. The van der Waals surface area contributed by atoms with Gasteiger partial charge in [-0.3, -0.25) is 4.79 Å². The Bertz CT molecular complexity index is 815. The molecule has 122 valence electrons. The van der Waals surface area contributed by atoms with Gasteiger partial charge in [-0.25, -0.2) is 9.67 Å². The summed E-state index contributed by atoms with van der Waals surface area (Å²) in [6.07, 6.45) is 3.13. The van der Waals surface area contributed by atoms with E-state index in [0.717, 1.165) is 5.56 Å². The molecule has 1 heterocycles. The molecule has 0 saturated heterocycles. The third kappa shape index (κ3) is 3.78. The Kier molecular flexibility index (Phi) is 4.86. The van der Waals surface area contributed by atoms with Gasteiger partial charge < -0.3 is 10.1 Å². The summed E-state index contributed by atoms with van der Waals surface area (Å²) in [5, 5.41) is 6.97. The first-order valence-corrected chi connectivity index (χ1v) is 7.71. The minimum atomic E-state index is -0.178. The summed E-state index contributed by atoms with van der Waals surface area (Å²) in [5.41, 5.74) is 2.22. The van der Waals surface area contributed by atoms with Gasteiger partial charge in [0.15, 0.2) is 0 Å². The van der Waals surface area contributed by atoms with Crippen molar-refractivity contribution in [1.29, 1.82) is 0 Å². The maximum Gasteiger partial charge on any atom is 0.255 e. The number of aromatic nitrogens is 3. The minimum absolute atomic E-state index is 0.178. The number of carbonyl (C=O) groups is 1. The van der Waals surface area contributed by atoms with Gasteiger partial charge in [0, 0.05) is 5.56 Å². The molecule has 0 radical (unpaired) electrons. The molecule has 1 aromatic heterocycles. The first-order chi connectivity index (χ1) is 11.8. The third-order valence-corrected chi connectivity index (χ3v) is 3.44. The highest BCUT2D eigenvalue weighted by Crippen LogP contribution is 2.24. The third-order valence-electron chi connectivity index (χ3n) is 3.44. The Morgan fingerprint density at radius 3 is 2.88 bits per heavy atom. The standard InChI is InChI=1S/C18H18N4O2/c1-2-24-17-9-4-3-8-16(17)21-18(23)15-7-5-6-14(10-15)11-22-13-19-12-20-22/h3-10,12-13H,2,11H2,1H3,(H,21,23). The van der Waals surface area contributed by atoms with Crippen LogP contribution in [0.15, 0.2) is 61.2 Å². The van der Waals surface area contributed by atoms with Crippen LogP contribution >= 0.6 is 0 Å². The van der Waals surface area contributed by atoms with E-state index in [1.165, 1.54) is 6.33 Å². The quantitative estimate of drug-likeness (QED) is 0.757. The van der Waals surface area contributed by atoms with Gasteiger partial charge in [-0.05, 0) is 36.8 Å². The summed E-state index contributed by atoms with van der Waals surface area (Å²) in [6.45, 7) is 3.02. The van der Waals surface area contributed by atoms with Crippen molar-refractivity contribution in [3.63, 3.8) is 0 Å². The maximum atomic E-state index is 12.5. The lowest BCUT2D eigenvalue weighted by Gasteiger charge is -2.11. The molecule has 0 fully saturated rings. The molecule has 2 aromatic carbocycles. The van der Waals surface area contributed by atoms with Gasteiger partial charge in [0.25, 0.3) is 5.91 Å². The van der Waals surface area contributed by atoms with Crippen LogP contribution < -0.4 is 10.1 Å². The van der Waals surface area contributed by atoms with Crippen LogP contribution in [0.1, 0.15) is 22.8 Å². The molecule has 0 aliphatic heterocycles. The predicted molar refractivity (Wildman–Crippen MR) is 91.1 cm³/mol. The number of amides is 1. The molecule has 0 aliphatic rings. The van der Waals surface area contributed by atoms with Crippen LogP contribution in [0, 0.1) is 0 Å². The topological polar surface area (TPSA) is 69.0 Å². The molecule has 3 aromatic rings. The number of carbonyl (C=O) groups excluding carboxylic acids is 1. The average Bonchev–Trinajstić information content (AvgIpc) is 3.10. The van der Waals surface area contributed by atoms with Crippen molar-refractivity contribution in [2.24, 2.45) is 0 Å². The summed E-state index contributed by atoms with van der Waals surface area (Å²) in [4.78, 5) is 16.4. The highest BCUT2D eigenvalue weighted by Gasteiger charge is 2.10. The van der Waals surface area contributed by atoms with Gasteiger partial charge >= 0.3 is 0 Å². The Morgan fingerprint density at radius 2 is 2.08 bits per heavy atom. The molecule has 0 bridgehead atoms. The zero-order valence-electron chi connectivity index (χ0n) is 13.3. The van der Waals surface area contributed by atoms with Crippen molar-refractivity contribution in [2.45, 2.75) is 13.5 Å². The number of ether oxygens (including phenoxy) is 1. The Balaban J connectivity index is 1.76. The first kappa shape index (κ1) is 15.7. The number of para-hydroxylation sites is 2. The summed E-state index contributed by atoms with van der Waals surface area (Å²) in [5.74, 6) is 0.481. The van der Waals surface area contributed by atoms with Crippen molar-refractivity contribution in [3.8, 4) is 5.75 Å². The number of anilines is 1. The van der Waals surface area contributed by atoms with Crippen LogP contribution in [0.3, 0.4) is 0 Å². The smallest absolute Gasteiger partial charge is 0.255 e. The van der Waals surface area contributed by atoms with Gasteiger partial charge in [0.2, 0.25) is 0 Å². The van der Waals surface area contributed by atoms with E-state index in [-0.39, 0.29) is 5.91 Å². The van der Waals surface area contributed by atoms with Crippen LogP contribution in [0.4, 0.5) is 5.69 Å². The molecule has 0 unspecified atom stereocenters. The van der Waals surface area contributed by atoms with Crippen LogP contribution in [-0.2, 0) is 6.54 Å². The van der Waals surface area contributed by atoms with Crippen molar-refractivity contribution < 1.29 is 9.53 Å². The van der Waals surface area contributed by atoms with E-state index in [0.29, 0.717) is 30.2 Å². The lowest BCUT2D eigenvalue weighted by molar-refractivity contribution is 0.102. The second-order valence-electron chi connectivity index (χ2n) is 5.18. The fraction of sp³-hybridized carbons (Fsp3) is 0.167. The van der Waals surface area contributed by atoms with Gasteiger partial charge in [-0.1, -0.05) is 24.3 Å². The molecule has 0 saturated carbocycles. The van der Waals surface area contributed by atoms with Gasteiger partial charge in [-0.2, -0.15) is 5.10 Å². The second-order valence-corrected chi connectivity index (χ2v) is 5.18. The fourth-order valence-electron chi connectivity index (χ4n) is 2.36. The predicted octanol–water partition coefficient (Wildman–Crippen LogP) is 2.98. The van der Waals surface area contributed by atoms with Crippen molar-refractivity contribution in [1.82, 2.24) is 14.8 Å². The van der Waals surface area contributed by atoms with Crippen molar-refractivity contribution in [2.75, 3.05) is 11.9 Å². The molecule has 6 heteroatoms.